The van der Waals surface area contributed by atoms with Gasteiger partial charge in [0.1, 0.15) is 36.6 Å². The van der Waals surface area contributed by atoms with Gasteiger partial charge >= 0.3 is 35.8 Å². The third kappa shape index (κ3) is 87.1. The van der Waals surface area contributed by atoms with Crippen LogP contribution < -0.4 is 0 Å². The summed E-state index contributed by atoms with van der Waals surface area (Å²) in [5.74, 6) is -2.19. The first-order valence-electron chi connectivity index (χ1n) is 57.2. The maximum Gasteiger partial charge on any atom is 0.309 e. The van der Waals surface area contributed by atoms with Gasteiger partial charge in [0.2, 0.25) is 0 Å². The van der Waals surface area contributed by atoms with Gasteiger partial charge in [0, 0.05) is 70.8 Å². The lowest BCUT2D eigenvalue weighted by molar-refractivity contribution is -0.230. The summed E-state index contributed by atoms with van der Waals surface area (Å²) < 4.78 is 43.4. The topological polar surface area (TPSA) is 190 Å². The van der Waals surface area contributed by atoms with Crippen LogP contribution in [0, 0.1) is 5.92 Å². The average molecular weight is 1890 g/mol. The summed E-state index contributed by atoms with van der Waals surface area (Å²) >= 11 is 0. The number of esters is 6. The Hall–Kier alpha value is -5.64. The molecule has 15 nitrogen and oxygen atoms in total. The van der Waals surface area contributed by atoms with Crippen LogP contribution in [0.2, 0.25) is 0 Å². The molecule has 135 heavy (non-hydrogen) atoms. The van der Waals surface area contributed by atoms with E-state index >= 15 is 0 Å². The van der Waals surface area contributed by atoms with Crippen LogP contribution in [-0.2, 0) is 61.9 Å². The van der Waals surface area contributed by atoms with Crippen molar-refractivity contribution in [3.63, 3.8) is 0 Å². The van der Waals surface area contributed by atoms with Crippen LogP contribution in [0.4, 0.5) is 0 Å². The van der Waals surface area contributed by atoms with Crippen LogP contribution in [0.1, 0.15) is 542 Å². The van der Waals surface area contributed by atoms with Gasteiger partial charge < -0.3 is 43.2 Å². The zero-order valence-electron chi connectivity index (χ0n) is 88.8. The van der Waals surface area contributed by atoms with E-state index in [2.05, 4.69) is 151 Å². The van der Waals surface area contributed by atoms with Gasteiger partial charge in [0.15, 0.2) is 6.29 Å². The Labute approximate surface area is 830 Å². The minimum absolute atomic E-state index is 0.0668. The van der Waals surface area contributed by atoms with Gasteiger partial charge in [0.25, 0.3) is 0 Å². The molecule has 0 heterocycles. The molecule has 0 spiro atoms. The summed E-state index contributed by atoms with van der Waals surface area (Å²) in [5.41, 5.74) is 0. The van der Waals surface area contributed by atoms with Crippen molar-refractivity contribution in [3.05, 3.63) is 109 Å². The third-order valence-corrected chi connectivity index (χ3v) is 26.0. The van der Waals surface area contributed by atoms with E-state index in [0.29, 0.717) is 51.4 Å². The minimum atomic E-state index is -1.22. The van der Waals surface area contributed by atoms with E-state index in [4.69, 9.17) is 33.2 Å². The Kier molecular flexibility index (Phi) is 94.3. The van der Waals surface area contributed by atoms with Gasteiger partial charge in [-0.05, 0) is 239 Å². The Morgan fingerprint density at radius 3 is 0.807 bits per heavy atom. The predicted molar refractivity (Wildman–Crippen MR) is 570 cm³/mol. The van der Waals surface area contributed by atoms with E-state index in [1.807, 2.05) is 19.0 Å². The molecule has 1 saturated carbocycles. The van der Waals surface area contributed by atoms with Crippen molar-refractivity contribution in [1.29, 1.82) is 0 Å². The SMILES string of the molecule is CCCCC/C=C\C/C=C\CCCCCCCC(=O)OC(C/C=C\CCCCCCCC(=O)OC1CC(C(=O)OCCCN(C)C)C[C@@H](OC(=O)CCCCCCC/C=C\CC(CCCCCC)OC(=O)CCCCCCC/C=C\C/C=C\CCCCC)C1OC(O)CCCCCCC/C=C\CC(CCCCCC)OC(=O)CCCCCCC/C=C\C/C=C\CCCCC)CCCCCC. The van der Waals surface area contributed by atoms with Crippen molar-refractivity contribution < 1.29 is 67.0 Å². The molecule has 1 rings (SSSR count). The summed E-state index contributed by atoms with van der Waals surface area (Å²) in [4.78, 5) is 83.4. The van der Waals surface area contributed by atoms with Crippen LogP contribution in [0.5, 0.6) is 0 Å². The largest absolute Gasteiger partial charge is 0.465 e. The van der Waals surface area contributed by atoms with Crippen LogP contribution >= 0.6 is 0 Å². The van der Waals surface area contributed by atoms with Crippen molar-refractivity contribution >= 4 is 35.8 Å². The first-order chi connectivity index (χ1) is 66.2. The molecule has 0 aliphatic heterocycles. The number of unbranched alkanes of at least 4 members (excludes halogenated alkanes) is 48. The highest BCUT2D eigenvalue weighted by Gasteiger charge is 2.47. The number of aliphatic hydroxyl groups excluding tert-OH is 1. The van der Waals surface area contributed by atoms with Crippen LogP contribution in [-0.4, -0.2) is 116 Å². The molecule has 1 fully saturated rings. The zero-order valence-corrected chi connectivity index (χ0v) is 88.8. The van der Waals surface area contributed by atoms with E-state index in [1.165, 1.54) is 154 Å². The lowest BCUT2D eigenvalue weighted by atomic mass is 9.82. The van der Waals surface area contributed by atoms with Crippen molar-refractivity contribution in [3.8, 4) is 0 Å². The molecule has 15 heteroatoms. The van der Waals surface area contributed by atoms with E-state index in [1.54, 1.807) is 0 Å². The molecule has 1 N–H and O–H groups in total. The number of hydrogen-bond acceptors (Lipinski definition) is 15. The number of hydrogen-bond donors (Lipinski definition) is 1. The van der Waals surface area contributed by atoms with Gasteiger partial charge in [0.05, 0.1) is 12.5 Å². The van der Waals surface area contributed by atoms with Crippen molar-refractivity contribution in [2.75, 3.05) is 27.2 Å². The summed E-state index contributed by atoms with van der Waals surface area (Å²) in [6.07, 6.45) is 112. The second-order valence-corrected chi connectivity index (χ2v) is 39.5. The van der Waals surface area contributed by atoms with E-state index in [-0.39, 0.29) is 68.5 Å². The van der Waals surface area contributed by atoms with Gasteiger partial charge in [-0.1, -0.05) is 363 Å². The fourth-order valence-corrected chi connectivity index (χ4v) is 17.5. The van der Waals surface area contributed by atoms with Crippen LogP contribution in [0.3, 0.4) is 0 Å². The molecule has 0 aromatic rings. The highest BCUT2D eigenvalue weighted by atomic mass is 16.7. The standard InChI is InChI=1S/C120H211NO14/c1-9-15-21-27-30-33-36-39-42-45-48-51-63-72-84-97-113(122)130-108(91-78-24-18-12-4)94-81-69-60-54-57-66-75-87-100-116(125)133-111-105-107(120(128)129-104-90-103-121(7)8)106-112(134-117(126)101-88-76-67-58-55-61-70-82-95-109(92-79-25-19-13-5)131-114(123)98-85-73-64-52-49-46-43-40-37-34-31-28-22-16-10-2)119(111)135-118(127)102-89-77-68-59-56-62-71-83-96-110(93-80-26-20-14-6)132-115(124)99-86-74-65-53-50-47-44-41-38-35-32-29-23-17-11-3/h30-35,39-44,69-71,81-83,107-112,118-119,127H,9-29,36-38,45-68,72-80,84-106H2,1-8H3/b33-30-,34-31-,35-32-,42-39-,43-40-,44-41-,81-69-,82-70-,83-71-/t107?,108?,109?,110?,111-,112?,118?,119?/m1/s1. The molecule has 8 atom stereocenters. The molecule has 0 radical (unpaired) electrons. The first-order valence-corrected chi connectivity index (χ1v) is 57.2. The summed E-state index contributed by atoms with van der Waals surface area (Å²) in [5, 5.41) is 11.8. The van der Waals surface area contributed by atoms with Gasteiger partial charge in [-0.25, -0.2) is 0 Å². The quantitative estimate of drug-likeness (QED) is 0.0199. The number of nitrogens with zero attached hydrogens (tertiary/aromatic N) is 1. The zero-order chi connectivity index (χ0) is 97.9. The molecule has 1 aliphatic rings. The monoisotopic (exact) mass is 1890 g/mol. The second kappa shape index (κ2) is 99.9. The second-order valence-electron chi connectivity index (χ2n) is 39.5. The molecule has 0 saturated heterocycles. The number of aliphatic hydroxyl groups is 1. The lowest BCUT2D eigenvalue weighted by Gasteiger charge is -2.40. The van der Waals surface area contributed by atoms with E-state index < -0.39 is 48.4 Å². The number of ether oxygens (including phenoxy) is 7. The summed E-state index contributed by atoms with van der Waals surface area (Å²) in [7, 11) is 3.96. The number of rotatable bonds is 99. The summed E-state index contributed by atoms with van der Waals surface area (Å²) in [6.45, 7) is 14.4. The maximum absolute atomic E-state index is 14.1. The molecule has 7 unspecified atom stereocenters. The number of carbonyl (C=O) groups is 6. The van der Waals surface area contributed by atoms with Crippen molar-refractivity contribution in [2.45, 2.75) is 585 Å². The fourth-order valence-electron chi connectivity index (χ4n) is 17.5. The third-order valence-electron chi connectivity index (χ3n) is 26.0. The Bertz CT molecular complexity index is 2850. The lowest BCUT2D eigenvalue weighted by Crippen LogP contribution is -2.52. The molecular formula is C120H211NO14. The molecule has 780 valence electrons. The summed E-state index contributed by atoms with van der Waals surface area (Å²) in [6, 6.07) is 0. The molecule has 0 amide bonds. The van der Waals surface area contributed by atoms with Crippen molar-refractivity contribution in [1.82, 2.24) is 4.90 Å². The highest BCUT2D eigenvalue weighted by molar-refractivity contribution is 5.74. The molecule has 1 aliphatic carbocycles. The fraction of sp³-hybridized carbons (Fsp3) is 0.800. The Balaban J connectivity index is 3.05. The molecule has 0 bridgehead atoms. The van der Waals surface area contributed by atoms with E-state index in [9.17, 15) is 33.9 Å². The Morgan fingerprint density at radius 1 is 0.281 bits per heavy atom. The maximum atomic E-state index is 14.1. The average Bonchev–Trinajstić information content (AvgIpc) is 0.802. The molecular weight excluding hydrogens is 1680 g/mol. The predicted octanol–water partition coefficient (Wildman–Crippen LogP) is 34.5. The van der Waals surface area contributed by atoms with Gasteiger partial charge in [-0.3, -0.25) is 28.8 Å². The molecule has 0 aromatic carbocycles. The highest BCUT2D eigenvalue weighted by Crippen LogP contribution is 2.35. The van der Waals surface area contributed by atoms with Gasteiger partial charge in [-0.15, -0.1) is 0 Å². The molecule has 0 aromatic heterocycles. The van der Waals surface area contributed by atoms with Crippen LogP contribution in [0.15, 0.2) is 109 Å². The normalized spacial score (nSPS) is 16.0. The number of carbonyl (C=O) groups excluding carboxylic acids is 6. The van der Waals surface area contributed by atoms with Crippen LogP contribution in [0.25, 0.3) is 0 Å². The minimum Gasteiger partial charge on any atom is -0.465 e. The first kappa shape index (κ1) is 127. The van der Waals surface area contributed by atoms with Gasteiger partial charge in [-0.2, -0.15) is 0 Å². The van der Waals surface area contributed by atoms with E-state index in [0.717, 1.165) is 276 Å². The Morgan fingerprint density at radius 2 is 0.519 bits per heavy atom. The smallest absolute Gasteiger partial charge is 0.309 e. The van der Waals surface area contributed by atoms with Crippen molar-refractivity contribution in [2.24, 2.45) is 5.92 Å². The number of allylic oxidation sites excluding steroid dienone is 15.